The first-order valence-electron chi connectivity index (χ1n) is 26.0. The number of likely N-dealkylation sites (tertiary alicyclic amines) is 1. The van der Waals surface area contributed by atoms with Gasteiger partial charge in [-0.15, -0.1) is 0 Å². The maximum absolute atomic E-state index is 14.3. The van der Waals surface area contributed by atoms with Crippen LogP contribution >= 0.6 is 11.3 Å². The van der Waals surface area contributed by atoms with Crippen LogP contribution in [0.15, 0.2) is 72.9 Å². The largest absolute Gasteiger partial charge is 0.495 e. The van der Waals surface area contributed by atoms with Gasteiger partial charge in [-0.1, -0.05) is 130 Å². The van der Waals surface area contributed by atoms with Gasteiger partial charge in [0.25, 0.3) is 5.91 Å². The van der Waals surface area contributed by atoms with Gasteiger partial charge in [-0.3, -0.25) is 28.8 Å². The molecule has 3 fully saturated rings. The summed E-state index contributed by atoms with van der Waals surface area (Å²) in [6, 6.07) is 17.3. The van der Waals surface area contributed by atoms with Crippen molar-refractivity contribution in [2.75, 3.05) is 37.9 Å². The molecule has 0 unspecified atom stereocenters. The maximum Gasteiger partial charge on any atom is 0.270 e. The Morgan fingerprint density at radius 1 is 0.889 bits per heavy atom. The van der Waals surface area contributed by atoms with E-state index in [1.807, 2.05) is 74.5 Å². The number of methoxy groups -OCH3 is 1. The van der Waals surface area contributed by atoms with Crippen LogP contribution in [0.5, 0.6) is 5.75 Å². The first-order valence-corrected chi connectivity index (χ1v) is 26.8. The summed E-state index contributed by atoms with van der Waals surface area (Å²) in [4.78, 5) is 93.8. The molecule has 384 valence electrons. The number of pyridine rings is 1. The summed E-state index contributed by atoms with van der Waals surface area (Å²) in [7, 11) is 3.31. The number of thiazole rings is 1. The number of ether oxygens (including phenoxy) is 1. The number of anilines is 2. The average molecular weight is 1000 g/mol. The van der Waals surface area contributed by atoms with Crippen LogP contribution in [-0.2, 0) is 36.9 Å². The van der Waals surface area contributed by atoms with Gasteiger partial charge in [0, 0.05) is 50.1 Å². The van der Waals surface area contributed by atoms with Gasteiger partial charge in [-0.05, 0) is 80.4 Å². The van der Waals surface area contributed by atoms with Crippen molar-refractivity contribution >= 4 is 63.0 Å². The number of carbonyl (C=O) groups excluding carboxylic acids is 6. The van der Waals surface area contributed by atoms with E-state index in [2.05, 4.69) is 32.3 Å². The maximum atomic E-state index is 14.3. The van der Waals surface area contributed by atoms with E-state index < -0.39 is 12.1 Å². The third kappa shape index (κ3) is 14.6. The van der Waals surface area contributed by atoms with Gasteiger partial charge in [0.2, 0.25) is 29.5 Å². The normalized spacial score (nSPS) is 17.2. The Balaban J connectivity index is 0.903. The third-order valence-electron chi connectivity index (χ3n) is 14.4. The van der Waals surface area contributed by atoms with E-state index in [0.29, 0.717) is 72.0 Å². The topological polar surface area (TPSA) is 192 Å². The molecule has 1 saturated heterocycles. The number of allylic oxidation sites excluding steroid dienone is 1. The first-order chi connectivity index (χ1) is 34.9. The molecule has 7 rings (SSSR count). The summed E-state index contributed by atoms with van der Waals surface area (Å²) in [6.45, 7) is 4.85. The highest BCUT2D eigenvalue weighted by molar-refractivity contribution is 7.20. The monoisotopic (exact) mass is 1000 g/mol. The van der Waals surface area contributed by atoms with Gasteiger partial charge in [0.15, 0.2) is 5.13 Å². The molecule has 0 bridgehead atoms. The summed E-state index contributed by atoms with van der Waals surface area (Å²) < 4.78 is 5.52. The molecule has 2 saturated carbocycles. The third-order valence-corrected chi connectivity index (χ3v) is 15.3. The fraction of sp³-hybridized carbons (Fsp3) is 0.500. The Hall–Kier alpha value is -6.42. The van der Waals surface area contributed by atoms with Crippen molar-refractivity contribution in [1.82, 2.24) is 30.4 Å². The fourth-order valence-electron chi connectivity index (χ4n) is 9.92. The lowest BCUT2D eigenvalue weighted by molar-refractivity contribution is -0.142. The number of hydrogen-bond donors (Lipinski definition) is 4. The number of amides is 6. The zero-order valence-electron chi connectivity index (χ0n) is 42.4. The first kappa shape index (κ1) is 53.4. The molecular formula is C56H72N8O7S. The highest BCUT2D eigenvalue weighted by Gasteiger charge is 2.41. The molecule has 2 aromatic heterocycles. The molecular weight excluding hydrogens is 929 g/mol. The highest BCUT2D eigenvalue weighted by Crippen LogP contribution is 2.37. The van der Waals surface area contributed by atoms with Crippen molar-refractivity contribution in [3.63, 3.8) is 0 Å². The Labute approximate surface area is 428 Å². The van der Waals surface area contributed by atoms with Crippen LogP contribution in [0.25, 0.3) is 17.3 Å². The van der Waals surface area contributed by atoms with Crippen LogP contribution < -0.4 is 26.0 Å². The van der Waals surface area contributed by atoms with E-state index in [1.165, 1.54) is 32.1 Å². The van der Waals surface area contributed by atoms with Crippen molar-refractivity contribution in [2.24, 2.45) is 17.8 Å². The molecule has 16 heteroatoms. The van der Waals surface area contributed by atoms with Gasteiger partial charge in [-0.25, -0.2) is 9.97 Å². The number of likely N-dealkylation sites (N-methyl/N-ethyl adjacent to an activating group) is 1. The van der Waals surface area contributed by atoms with E-state index in [4.69, 9.17) is 9.72 Å². The lowest BCUT2D eigenvalue weighted by atomic mass is 9.83. The quantitative estimate of drug-likeness (QED) is 0.0630. The summed E-state index contributed by atoms with van der Waals surface area (Å²) in [5, 5.41) is 12.8. The van der Waals surface area contributed by atoms with Crippen LogP contribution in [0.3, 0.4) is 0 Å². The second-order valence-corrected chi connectivity index (χ2v) is 20.6. The predicted molar refractivity (Wildman–Crippen MR) is 282 cm³/mol. The number of benzene rings is 2. The Bertz CT molecular complexity index is 2540. The molecule has 0 radical (unpaired) electrons. The molecule has 1 aliphatic heterocycles. The second-order valence-electron chi connectivity index (χ2n) is 19.7. The summed E-state index contributed by atoms with van der Waals surface area (Å²) in [5.41, 5.74) is 4.01. The van der Waals surface area contributed by atoms with E-state index in [9.17, 15) is 28.8 Å². The second kappa shape index (κ2) is 26.3. The Kier molecular flexibility index (Phi) is 19.5. The molecule has 3 aliphatic rings. The zero-order chi connectivity index (χ0) is 51.0. The minimum absolute atomic E-state index is 0.0243. The summed E-state index contributed by atoms with van der Waals surface area (Å²) in [6.07, 6.45) is 19.3. The van der Waals surface area contributed by atoms with Crippen molar-refractivity contribution < 1.29 is 33.5 Å². The van der Waals surface area contributed by atoms with Gasteiger partial charge in [0.05, 0.1) is 19.7 Å². The molecule has 3 heterocycles. The molecule has 6 amide bonds. The van der Waals surface area contributed by atoms with Gasteiger partial charge in [-0.2, -0.15) is 0 Å². The number of rotatable bonds is 21. The number of nitrogens with one attached hydrogen (secondary N) is 4. The highest BCUT2D eigenvalue weighted by atomic mass is 32.1. The fourth-order valence-corrected chi connectivity index (χ4v) is 10.8. The lowest BCUT2D eigenvalue weighted by Crippen LogP contribution is -2.56. The Morgan fingerprint density at radius 2 is 1.62 bits per heavy atom. The van der Waals surface area contributed by atoms with Crippen LogP contribution in [0.1, 0.15) is 137 Å². The van der Waals surface area contributed by atoms with E-state index in [0.717, 1.165) is 65.7 Å². The minimum Gasteiger partial charge on any atom is -0.495 e. The molecule has 72 heavy (non-hydrogen) atoms. The molecule has 2 aromatic carbocycles. The van der Waals surface area contributed by atoms with Gasteiger partial charge in [0.1, 0.15) is 34.2 Å². The molecule has 4 aromatic rings. The smallest absolute Gasteiger partial charge is 0.270 e. The van der Waals surface area contributed by atoms with Crippen LogP contribution in [0, 0.1) is 17.8 Å². The summed E-state index contributed by atoms with van der Waals surface area (Å²) in [5.74, 6) is -0.429. The Morgan fingerprint density at radius 3 is 2.36 bits per heavy atom. The van der Waals surface area contributed by atoms with E-state index in [-0.39, 0.29) is 66.7 Å². The molecule has 3 atom stereocenters. The minimum atomic E-state index is -0.722. The number of aromatic nitrogens is 2. The standard InChI is InChI=1S/C56H72N8O7S/c1-5-37(2)51(67)60-50(42-24-13-8-14-25-42)55(70)64-31-16-26-45(64)53(69)62-54-49(41-22-11-7-12-23-41)61-56(72-54)59-47(65)27-17-30-63(3)48(66)33-39-20-15-21-40(32-39)35-58-52(68)44-34-43(46(71-4)36-57-44)29-28-38-18-9-6-10-19-38/h7,11-12,15,20-23,28-29,32,34,36-38,42,45,50H,5-6,8-10,13-14,16-19,24-27,30-31,33,35H2,1-4H3,(H,58,68)(H,60,67)(H,62,69)(H,59,61,65)/b29-28+/t37-,45+,50+/m1/s1. The summed E-state index contributed by atoms with van der Waals surface area (Å²) >= 11 is 1.15. The molecule has 4 N–H and O–H groups in total. The van der Waals surface area contributed by atoms with Crippen molar-refractivity contribution in [3.8, 4) is 17.0 Å². The predicted octanol–water partition coefficient (Wildman–Crippen LogP) is 9.20. The van der Waals surface area contributed by atoms with Crippen molar-refractivity contribution in [1.29, 1.82) is 0 Å². The SMILES string of the molecule is CC[C@@H](C)C(=O)N[C@H](C(=O)N1CCC[C@H]1C(=O)Nc1sc(NC(=O)CCCN(C)C(=O)Cc2cccc(CNC(=O)c3cc(/C=C/C4CCCCC4)c(OC)cn3)c2)nc1-c1ccccc1)C1CCCCC1. The van der Waals surface area contributed by atoms with Crippen LogP contribution in [0.4, 0.5) is 10.1 Å². The molecule has 15 nitrogen and oxygen atoms in total. The lowest BCUT2D eigenvalue weighted by Gasteiger charge is -2.35. The van der Waals surface area contributed by atoms with E-state index in [1.54, 1.807) is 36.2 Å². The van der Waals surface area contributed by atoms with Crippen LogP contribution in [0.2, 0.25) is 0 Å². The van der Waals surface area contributed by atoms with Crippen molar-refractivity contribution in [3.05, 3.63) is 95.3 Å². The van der Waals surface area contributed by atoms with Crippen molar-refractivity contribution in [2.45, 2.75) is 135 Å². The van der Waals surface area contributed by atoms with Crippen LogP contribution in [-0.4, -0.2) is 94.5 Å². The number of nitrogens with zero attached hydrogens (tertiary/aromatic N) is 4. The molecule has 2 aliphatic carbocycles. The molecule has 0 spiro atoms. The van der Waals surface area contributed by atoms with E-state index >= 15 is 0 Å². The number of hydrogen-bond acceptors (Lipinski definition) is 10. The zero-order valence-corrected chi connectivity index (χ0v) is 43.2. The van der Waals surface area contributed by atoms with Gasteiger partial charge >= 0.3 is 0 Å². The average Bonchev–Trinajstić information content (AvgIpc) is 4.07. The van der Waals surface area contributed by atoms with Gasteiger partial charge < -0.3 is 35.8 Å². The number of carbonyl (C=O) groups is 6.